The number of hydrogen-bond acceptors (Lipinski definition) is 6. The highest BCUT2D eigenvalue weighted by Crippen LogP contribution is 2.15. The van der Waals surface area contributed by atoms with E-state index in [-0.39, 0.29) is 0 Å². The van der Waals surface area contributed by atoms with Crippen LogP contribution in [0.5, 0.6) is 5.75 Å². The molecule has 0 spiro atoms. The van der Waals surface area contributed by atoms with Gasteiger partial charge in [-0.25, -0.2) is 15.8 Å². The number of carboxylic acids is 1. The van der Waals surface area contributed by atoms with Crippen molar-refractivity contribution in [3.8, 4) is 17.6 Å². The van der Waals surface area contributed by atoms with Gasteiger partial charge < -0.3 is 14.8 Å². The first-order valence-corrected chi connectivity index (χ1v) is 6.49. The second-order valence-corrected chi connectivity index (χ2v) is 4.48. The molecule has 8 nitrogen and oxygen atoms in total. The number of ether oxygens (including phenoxy) is 1. The van der Waals surface area contributed by atoms with Crippen molar-refractivity contribution in [1.29, 1.82) is 0 Å². The highest BCUT2D eigenvalue weighted by Gasteiger charge is 2.34. The van der Waals surface area contributed by atoms with Gasteiger partial charge in [0.2, 0.25) is 0 Å². The lowest BCUT2D eigenvalue weighted by atomic mass is 10.2. The lowest BCUT2D eigenvalue weighted by Gasteiger charge is -2.16. The summed E-state index contributed by atoms with van der Waals surface area (Å²) in [5, 5.41) is 9.05. The predicted molar refractivity (Wildman–Crippen MR) is 76.3 cm³/mol. The van der Waals surface area contributed by atoms with Gasteiger partial charge in [-0.2, -0.15) is 5.53 Å². The zero-order chi connectivity index (χ0) is 15.4. The highest BCUT2D eigenvalue weighted by molar-refractivity contribution is 5.74. The summed E-state index contributed by atoms with van der Waals surface area (Å²) in [5.41, 5.74) is 8.53. The van der Waals surface area contributed by atoms with Crippen LogP contribution in [0.3, 0.4) is 0 Å². The van der Waals surface area contributed by atoms with E-state index in [1.807, 2.05) is 6.07 Å². The normalized spacial score (nSPS) is 20.2. The molecule has 1 aromatic heterocycles. The van der Waals surface area contributed by atoms with Crippen LogP contribution in [0.4, 0.5) is 0 Å². The Kier molecular flexibility index (Phi) is 4.02. The van der Waals surface area contributed by atoms with Gasteiger partial charge in [-0.15, -0.1) is 0 Å². The van der Waals surface area contributed by atoms with Crippen LogP contribution in [-0.4, -0.2) is 33.3 Å². The van der Waals surface area contributed by atoms with Gasteiger partial charge in [-0.05, 0) is 24.1 Å². The first kappa shape index (κ1) is 14.1. The van der Waals surface area contributed by atoms with Crippen LogP contribution < -0.4 is 21.1 Å². The SMILES string of the molecule is O=C(O)C1NNNC1Oc1cccc(C#Cc2ncc[nH]2)c1. The number of hydrazine groups is 2. The number of hydrogen-bond donors (Lipinski definition) is 5. The van der Waals surface area contributed by atoms with Gasteiger partial charge in [0.25, 0.3) is 0 Å². The molecular formula is C14H13N5O3. The quantitative estimate of drug-likeness (QED) is 0.489. The van der Waals surface area contributed by atoms with E-state index in [1.54, 1.807) is 30.6 Å². The number of benzene rings is 1. The molecule has 0 saturated carbocycles. The predicted octanol–water partition coefficient (Wildman–Crippen LogP) is -0.420. The van der Waals surface area contributed by atoms with Crippen LogP contribution in [-0.2, 0) is 4.79 Å². The Morgan fingerprint density at radius 3 is 3.00 bits per heavy atom. The van der Waals surface area contributed by atoms with Gasteiger partial charge >= 0.3 is 5.97 Å². The number of nitrogens with zero attached hydrogens (tertiary/aromatic N) is 1. The highest BCUT2D eigenvalue weighted by atomic mass is 16.5. The van der Waals surface area contributed by atoms with E-state index in [9.17, 15) is 4.79 Å². The average molecular weight is 299 g/mol. The smallest absolute Gasteiger partial charge is 0.327 e. The number of aliphatic carboxylic acids is 1. The molecule has 1 aliphatic heterocycles. The Hall–Kier alpha value is -2.86. The largest absolute Gasteiger partial charge is 0.480 e. The second kappa shape index (κ2) is 6.28. The summed E-state index contributed by atoms with van der Waals surface area (Å²) in [6.07, 6.45) is 2.59. The summed E-state index contributed by atoms with van der Waals surface area (Å²) in [5.74, 6) is 5.91. The molecule has 112 valence electrons. The molecule has 0 amide bonds. The summed E-state index contributed by atoms with van der Waals surface area (Å²) in [7, 11) is 0. The molecule has 3 rings (SSSR count). The molecule has 5 N–H and O–H groups in total. The molecule has 2 atom stereocenters. The summed E-state index contributed by atoms with van der Waals surface area (Å²) in [6.45, 7) is 0. The Morgan fingerprint density at radius 1 is 1.32 bits per heavy atom. The van der Waals surface area contributed by atoms with Gasteiger partial charge in [-0.3, -0.25) is 4.79 Å². The molecule has 2 unspecified atom stereocenters. The first-order valence-electron chi connectivity index (χ1n) is 6.49. The molecule has 1 aromatic carbocycles. The summed E-state index contributed by atoms with van der Waals surface area (Å²) in [4.78, 5) is 18.0. The van der Waals surface area contributed by atoms with E-state index in [2.05, 4.69) is 38.2 Å². The molecule has 2 heterocycles. The number of nitrogens with one attached hydrogen (secondary N) is 4. The van der Waals surface area contributed by atoms with Crippen LogP contribution in [0, 0.1) is 11.8 Å². The van der Waals surface area contributed by atoms with Gasteiger partial charge in [0.15, 0.2) is 18.1 Å². The number of carbonyl (C=O) groups is 1. The molecule has 0 radical (unpaired) electrons. The van der Waals surface area contributed by atoms with Crippen molar-refractivity contribution in [3.63, 3.8) is 0 Å². The Labute approximate surface area is 125 Å². The maximum Gasteiger partial charge on any atom is 0.327 e. The van der Waals surface area contributed by atoms with Gasteiger partial charge in [0.1, 0.15) is 5.75 Å². The molecule has 1 fully saturated rings. The zero-order valence-electron chi connectivity index (χ0n) is 11.3. The minimum atomic E-state index is -1.02. The molecule has 1 aliphatic rings. The van der Waals surface area contributed by atoms with Crippen LogP contribution >= 0.6 is 0 Å². The summed E-state index contributed by atoms with van der Waals surface area (Å²) in [6, 6.07) is 6.19. The zero-order valence-corrected chi connectivity index (χ0v) is 11.3. The topological polar surface area (TPSA) is 111 Å². The third-order valence-corrected chi connectivity index (χ3v) is 2.93. The van der Waals surface area contributed by atoms with Crippen molar-refractivity contribution >= 4 is 5.97 Å². The Bertz CT molecular complexity index is 720. The molecule has 0 bridgehead atoms. The maximum absolute atomic E-state index is 11.0. The Balaban J connectivity index is 1.73. The number of aromatic nitrogens is 2. The molecule has 1 saturated heterocycles. The molecule has 0 aliphatic carbocycles. The minimum Gasteiger partial charge on any atom is -0.480 e. The number of rotatable bonds is 3. The fraction of sp³-hybridized carbons (Fsp3) is 0.143. The number of imidazole rings is 1. The number of aromatic amines is 1. The summed E-state index contributed by atoms with van der Waals surface area (Å²) < 4.78 is 5.62. The minimum absolute atomic E-state index is 0.514. The first-order chi connectivity index (χ1) is 10.7. The average Bonchev–Trinajstić information content (AvgIpc) is 3.16. The van der Waals surface area contributed by atoms with E-state index < -0.39 is 18.2 Å². The van der Waals surface area contributed by atoms with Crippen molar-refractivity contribution in [2.24, 2.45) is 0 Å². The molecular weight excluding hydrogens is 286 g/mol. The van der Waals surface area contributed by atoms with Gasteiger partial charge in [-0.1, -0.05) is 12.0 Å². The van der Waals surface area contributed by atoms with E-state index >= 15 is 0 Å². The monoisotopic (exact) mass is 299 g/mol. The van der Waals surface area contributed by atoms with E-state index in [0.717, 1.165) is 5.56 Å². The fourth-order valence-electron chi connectivity index (χ4n) is 1.90. The molecule has 8 heteroatoms. The lowest BCUT2D eigenvalue weighted by molar-refractivity contribution is -0.141. The second-order valence-electron chi connectivity index (χ2n) is 4.48. The van der Waals surface area contributed by atoms with E-state index in [0.29, 0.717) is 11.6 Å². The number of H-pyrrole nitrogens is 1. The molecule has 22 heavy (non-hydrogen) atoms. The van der Waals surface area contributed by atoms with Crippen molar-refractivity contribution in [2.45, 2.75) is 12.3 Å². The van der Waals surface area contributed by atoms with Crippen molar-refractivity contribution in [1.82, 2.24) is 26.4 Å². The van der Waals surface area contributed by atoms with Crippen molar-refractivity contribution in [2.75, 3.05) is 0 Å². The van der Waals surface area contributed by atoms with Crippen molar-refractivity contribution in [3.05, 3.63) is 48.0 Å². The fourth-order valence-corrected chi connectivity index (χ4v) is 1.90. The maximum atomic E-state index is 11.0. The standard InChI is InChI=1S/C14H13N5O3/c20-14(21)12-13(18-19-17-12)22-10-3-1-2-9(8-10)4-5-11-15-6-7-16-11/h1-3,6-8,12-13,17-19H,(H,15,16)(H,20,21). The van der Waals surface area contributed by atoms with E-state index in [4.69, 9.17) is 9.84 Å². The Morgan fingerprint density at radius 2 is 2.23 bits per heavy atom. The third kappa shape index (κ3) is 3.24. The van der Waals surface area contributed by atoms with Crippen LogP contribution in [0.15, 0.2) is 36.7 Å². The number of carboxylic acid groups (broad SMARTS) is 1. The van der Waals surface area contributed by atoms with Crippen LogP contribution in [0.1, 0.15) is 11.4 Å². The third-order valence-electron chi connectivity index (χ3n) is 2.93. The van der Waals surface area contributed by atoms with Gasteiger partial charge in [0, 0.05) is 18.0 Å². The van der Waals surface area contributed by atoms with Crippen LogP contribution in [0.25, 0.3) is 0 Å². The van der Waals surface area contributed by atoms with Crippen LogP contribution in [0.2, 0.25) is 0 Å². The summed E-state index contributed by atoms with van der Waals surface area (Å²) >= 11 is 0. The van der Waals surface area contributed by atoms with Crippen molar-refractivity contribution < 1.29 is 14.6 Å². The van der Waals surface area contributed by atoms with Gasteiger partial charge in [0.05, 0.1) is 0 Å². The van der Waals surface area contributed by atoms with E-state index in [1.165, 1.54) is 0 Å². The lowest BCUT2D eigenvalue weighted by Crippen LogP contribution is -2.44. The molecule has 2 aromatic rings.